The molecule has 0 amide bonds. The van der Waals surface area contributed by atoms with Crippen LogP contribution >= 0.6 is 24.0 Å². The maximum atomic E-state index is 13.1. The molecule has 1 rings (SSSR count). The summed E-state index contributed by atoms with van der Waals surface area (Å²) in [5.41, 5.74) is 0. The standard InChI is InChI=1S/C17H26FN3O.HI/c1-5-6-7-11-21(4)17(19-3)20-13-14(2)22-16-10-8-9-15(18)12-16;/h5,8-10,12,14H,1,6-7,11,13H2,2-4H3,(H,19,20);1H. The lowest BCUT2D eigenvalue weighted by Crippen LogP contribution is -2.43. The lowest BCUT2D eigenvalue weighted by Gasteiger charge is -2.23. The molecule has 0 saturated carbocycles. The molecule has 0 aromatic heterocycles. The van der Waals surface area contributed by atoms with E-state index >= 15 is 0 Å². The van der Waals surface area contributed by atoms with Gasteiger partial charge in [-0.25, -0.2) is 4.39 Å². The fraction of sp³-hybridized carbons (Fsp3) is 0.471. The van der Waals surface area contributed by atoms with Crippen LogP contribution in [0.1, 0.15) is 19.8 Å². The van der Waals surface area contributed by atoms with Crippen LogP contribution < -0.4 is 10.1 Å². The van der Waals surface area contributed by atoms with Crippen molar-refractivity contribution in [3.63, 3.8) is 0 Å². The van der Waals surface area contributed by atoms with Crippen molar-refractivity contribution in [3.05, 3.63) is 42.7 Å². The predicted molar refractivity (Wildman–Crippen MR) is 105 cm³/mol. The molecule has 0 heterocycles. The van der Waals surface area contributed by atoms with Crippen LogP contribution in [0.2, 0.25) is 0 Å². The van der Waals surface area contributed by atoms with Gasteiger partial charge in [-0.3, -0.25) is 4.99 Å². The van der Waals surface area contributed by atoms with Gasteiger partial charge in [-0.15, -0.1) is 30.6 Å². The van der Waals surface area contributed by atoms with Crippen LogP contribution in [0.15, 0.2) is 41.9 Å². The first-order valence-electron chi connectivity index (χ1n) is 7.51. The summed E-state index contributed by atoms with van der Waals surface area (Å²) in [6.45, 7) is 7.15. The van der Waals surface area contributed by atoms with E-state index in [0.717, 1.165) is 25.3 Å². The number of hydrogen-bond acceptors (Lipinski definition) is 2. The molecular weight excluding hydrogens is 408 g/mol. The third-order valence-corrected chi connectivity index (χ3v) is 3.16. The van der Waals surface area contributed by atoms with E-state index in [0.29, 0.717) is 12.3 Å². The molecule has 0 aliphatic heterocycles. The highest BCUT2D eigenvalue weighted by molar-refractivity contribution is 14.0. The number of nitrogens with zero attached hydrogens (tertiary/aromatic N) is 2. The number of nitrogens with one attached hydrogen (secondary N) is 1. The Morgan fingerprint density at radius 2 is 2.26 bits per heavy atom. The van der Waals surface area contributed by atoms with Gasteiger partial charge >= 0.3 is 0 Å². The fourth-order valence-corrected chi connectivity index (χ4v) is 2.01. The van der Waals surface area contributed by atoms with Crippen molar-refractivity contribution in [2.45, 2.75) is 25.9 Å². The van der Waals surface area contributed by atoms with Crippen LogP contribution in [0.3, 0.4) is 0 Å². The summed E-state index contributed by atoms with van der Waals surface area (Å²) in [7, 11) is 3.75. The SMILES string of the molecule is C=CCCCN(C)C(=NC)NCC(C)Oc1cccc(F)c1.I. The van der Waals surface area contributed by atoms with Gasteiger partial charge in [-0.1, -0.05) is 12.1 Å². The number of allylic oxidation sites excluding steroid dienone is 1. The molecule has 0 fully saturated rings. The molecule has 1 N–H and O–H groups in total. The van der Waals surface area contributed by atoms with Crippen LogP contribution in [0, 0.1) is 5.82 Å². The van der Waals surface area contributed by atoms with Crippen LogP contribution in [-0.4, -0.2) is 44.1 Å². The molecule has 0 bridgehead atoms. The van der Waals surface area contributed by atoms with E-state index in [4.69, 9.17) is 4.74 Å². The molecule has 6 heteroatoms. The van der Waals surface area contributed by atoms with Gasteiger partial charge in [0.2, 0.25) is 0 Å². The van der Waals surface area contributed by atoms with E-state index in [1.807, 2.05) is 20.0 Å². The third-order valence-electron chi connectivity index (χ3n) is 3.16. The summed E-state index contributed by atoms with van der Waals surface area (Å²) in [5, 5.41) is 3.26. The lowest BCUT2D eigenvalue weighted by molar-refractivity contribution is 0.221. The van der Waals surface area contributed by atoms with Crippen molar-refractivity contribution in [2.75, 3.05) is 27.2 Å². The Kier molecular flexibility index (Phi) is 11.5. The van der Waals surface area contributed by atoms with Gasteiger partial charge in [0.05, 0.1) is 6.54 Å². The van der Waals surface area contributed by atoms with Gasteiger partial charge in [0.1, 0.15) is 17.7 Å². The van der Waals surface area contributed by atoms with Gasteiger partial charge in [0, 0.05) is 26.7 Å². The third kappa shape index (κ3) is 8.78. The van der Waals surface area contributed by atoms with Gasteiger partial charge < -0.3 is 15.0 Å². The Balaban J connectivity index is 0.00000484. The number of rotatable bonds is 8. The number of aliphatic imine (C=N–C) groups is 1. The normalized spacial score (nSPS) is 12.1. The topological polar surface area (TPSA) is 36.9 Å². The molecule has 1 atom stereocenters. The molecule has 0 aliphatic carbocycles. The first-order chi connectivity index (χ1) is 10.6. The van der Waals surface area contributed by atoms with Crippen molar-refractivity contribution < 1.29 is 9.13 Å². The number of unbranched alkanes of at least 4 members (excludes halogenated alkanes) is 1. The van der Waals surface area contributed by atoms with E-state index in [1.54, 1.807) is 19.2 Å². The Hall–Kier alpha value is -1.31. The first kappa shape index (κ1) is 21.7. The molecule has 0 saturated heterocycles. The van der Waals surface area contributed by atoms with E-state index in [2.05, 4.69) is 21.8 Å². The van der Waals surface area contributed by atoms with Crippen LogP contribution in [0.5, 0.6) is 5.75 Å². The Morgan fingerprint density at radius 3 is 2.87 bits per heavy atom. The Labute approximate surface area is 155 Å². The van der Waals surface area contributed by atoms with Crippen molar-refractivity contribution >= 4 is 29.9 Å². The monoisotopic (exact) mass is 435 g/mol. The highest BCUT2D eigenvalue weighted by Crippen LogP contribution is 2.13. The fourth-order valence-electron chi connectivity index (χ4n) is 2.01. The highest BCUT2D eigenvalue weighted by atomic mass is 127. The smallest absolute Gasteiger partial charge is 0.193 e. The summed E-state index contributed by atoms with van der Waals surface area (Å²) < 4.78 is 18.8. The number of benzene rings is 1. The van der Waals surface area contributed by atoms with Gasteiger partial charge in [-0.2, -0.15) is 0 Å². The number of guanidine groups is 1. The van der Waals surface area contributed by atoms with Crippen LogP contribution in [0.4, 0.5) is 4.39 Å². The zero-order chi connectivity index (χ0) is 16.4. The Morgan fingerprint density at radius 1 is 1.52 bits per heavy atom. The molecule has 1 unspecified atom stereocenters. The summed E-state index contributed by atoms with van der Waals surface area (Å²) in [5.74, 6) is 1.05. The highest BCUT2D eigenvalue weighted by Gasteiger charge is 2.09. The van der Waals surface area contributed by atoms with Crippen LogP contribution in [0.25, 0.3) is 0 Å². The van der Waals surface area contributed by atoms with E-state index in [-0.39, 0.29) is 35.9 Å². The molecule has 1 aromatic rings. The number of ether oxygens (including phenoxy) is 1. The first-order valence-corrected chi connectivity index (χ1v) is 7.51. The molecule has 0 radical (unpaired) electrons. The molecule has 23 heavy (non-hydrogen) atoms. The number of halogens is 2. The average Bonchev–Trinajstić information content (AvgIpc) is 2.48. The minimum absolute atomic E-state index is 0. The van der Waals surface area contributed by atoms with E-state index < -0.39 is 0 Å². The molecule has 0 spiro atoms. The molecule has 4 nitrogen and oxygen atoms in total. The molecular formula is C17H27FIN3O. The second-order valence-corrected chi connectivity index (χ2v) is 5.17. The second-order valence-electron chi connectivity index (χ2n) is 5.17. The Bertz CT molecular complexity index is 496. The van der Waals surface area contributed by atoms with E-state index in [9.17, 15) is 4.39 Å². The predicted octanol–water partition coefficient (Wildman–Crippen LogP) is 3.68. The van der Waals surface area contributed by atoms with E-state index in [1.165, 1.54) is 12.1 Å². The van der Waals surface area contributed by atoms with Gasteiger partial charge in [-0.05, 0) is 31.9 Å². The van der Waals surface area contributed by atoms with Crippen molar-refractivity contribution in [2.24, 2.45) is 4.99 Å². The van der Waals surface area contributed by atoms with Crippen molar-refractivity contribution in [1.29, 1.82) is 0 Å². The maximum absolute atomic E-state index is 13.1. The quantitative estimate of drug-likeness (QED) is 0.223. The minimum atomic E-state index is -0.296. The average molecular weight is 435 g/mol. The zero-order valence-electron chi connectivity index (χ0n) is 14.1. The van der Waals surface area contributed by atoms with Crippen molar-refractivity contribution in [3.8, 4) is 5.75 Å². The summed E-state index contributed by atoms with van der Waals surface area (Å²) >= 11 is 0. The zero-order valence-corrected chi connectivity index (χ0v) is 16.4. The van der Waals surface area contributed by atoms with Gasteiger partial charge in [0.25, 0.3) is 0 Å². The molecule has 130 valence electrons. The minimum Gasteiger partial charge on any atom is -0.489 e. The maximum Gasteiger partial charge on any atom is 0.193 e. The van der Waals surface area contributed by atoms with Gasteiger partial charge in [0.15, 0.2) is 5.96 Å². The lowest BCUT2D eigenvalue weighted by atomic mass is 10.3. The molecule has 0 aliphatic rings. The molecule has 1 aromatic carbocycles. The summed E-state index contributed by atoms with van der Waals surface area (Å²) in [4.78, 5) is 6.32. The summed E-state index contributed by atoms with van der Waals surface area (Å²) in [6.07, 6.45) is 3.84. The largest absolute Gasteiger partial charge is 0.489 e. The second kappa shape index (κ2) is 12.2. The van der Waals surface area contributed by atoms with Crippen molar-refractivity contribution in [1.82, 2.24) is 10.2 Å². The summed E-state index contributed by atoms with van der Waals surface area (Å²) in [6, 6.07) is 6.16. The van der Waals surface area contributed by atoms with Crippen LogP contribution in [-0.2, 0) is 0 Å². The number of hydrogen-bond donors (Lipinski definition) is 1.